The van der Waals surface area contributed by atoms with Gasteiger partial charge in [-0.2, -0.15) is 0 Å². The Morgan fingerprint density at radius 2 is 1.55 bits per heavy atom. The minimum atomic E-state index is -2.86. The second kappa shape index (κ2) is 19.4. The van der Waals surface area contributed by atoms with Gasteiger partial charge in [0.05, 0.1) is 24.8 Å². The lowest BCUT2D eigenvalue weighted by atomic mass is 9.95. The molecule has 2 aliphatic heterocycles. The maximum Gasteiger partial charge on any atom is 0.270 e. The first-order valence-electron chi connectivity index (χ1n) is 21.9. The number of hydrogen-bond acceptors (Lipinski definition) is 7. The van der Waals surface area contributed by atoms with Crippen molar-refractivity contribution >= 4 is 36.0 Å². The van der Waals surface area contributed by atoms with Crippen molar-refractivity contribution in [2.24, 2.45) is 0 Å². The third kappa shape index (κ3) is 10.3. The van der Waals surface area contributed by atoms with Crippen LogP contribution in [0.1, 0.15) is 93.2 Å². The standard InChI is InChI=1S/C52H63N5O3SSi/c1-51(2,3)61(59)57-37-42-35-46(50(58)53-43-29-32-56(38-43)36-40-20-12-9-13-21-40)54-49(41-24-18-22-39(34-41)23-19-31-55(7)8)48(42)47(57)30-33-60-62(52(4,5)6,44-25-14-10-15-26-44)45-27-16-11-17-28-45/h9-18,20-22,24-28,34-35,43,47H,29-33,36-38H2,1-8H3,(H,53,58)/t43?,47?,61-/m1/s1. The molecule has 0 bridgehead atoms. The summed E-state index contributed by atoms with van der Waals surface area (Å²) in [7, 11) is 1.15. The molecule has 4 aromatic carbocycles. The lowest BCUT2D eigenvalue weighted by molar-refractivity contribution is 0.0932. The summed E-state index contributed by atoms with van der Waals surface area (Å²) in [5, 5.41) is 5.58. The van der Waals surface area contributed by atoms with Crippen LogP contribution in [-0.2, 0) is 28.9 Å². The van der Waals surface area contributed by atoms with Crippen LogP contribution in [0, 0.1) is 11.8 Å². The average molecular weight is 866 g/mol. The van der Waals surface area contributed by atoms with E-state index in [-0.39, 0.29) is 23.0 Å². The monoisotopic (exact) mass is 865 g/mol. The van der Waals surface area contributed by atoms with Crippen molar-refractivity contribution in [1.82, 2.24) is 24.4 Å². The minimum Gasteiger partial charge on any atom is -0.597 e. The highest BCUT2D eigenvalue weighted by Crippen LogP contribution is 2.46. The second-order valence-corrected chi connectivity index (χ2v) is 25.5. The summed E-state index contributed by atoms with van der Waals surface area (Å²) in [6.07, 6.45) is 1.46. The molecule has 5 aromatic rings. The van der Waals surface area contributed by atoms with Crippen LogP contribution in [0.3, 0.4) is 0 Å². The number of carbonyl (C=O) groups is 1. The second-order valence-electron chi connectivity index (χ2n) is 19.0. The summed E-state index contributed by atoms with van der Waals surface area (Å²) in [5.74, 6) is 6.42. The van der Waals surface area contributed by atoms with E-state index in [9.17, 15) is 9.35 Å². The van der Waals surface area contributed by atoms with E-state index in [4.69, 9.17) is 9.41 Å². The molecule has 0 radical (unpaired) electrons. The van der Waals surface area contributed by atoms with E-state index in [2.05, 4.69) is 144 Å². The zero-order valence-electron chi connectivity index (χ0n) is 37.8. The van der Waals surface area contributed by atoms with Crippen LogP contribution >= 0.6 is 0 Å². The summed E-state index contributed by atoms with van der Waals surface area (Å²) >= 11 is -1.37. The van der Waals surface area contributed by atoms with E-state index >= 15 is 0 Å². The van der Waals surface area contributed by atoms with Crippen molar-refractivity contribution in [3.63, 3.8) is 0 Å². The predicted octanol–water partition coefficient (Wildman–Crippen LogP) is 7.95. The fraction of sp³-hybridized carbons (Fsp3) is 0.385. The number of nitrogens with one attached hydrogen (secondary N) is 1. The van der Waals surface area contributed by atoms with Gasteiger partial charge in [-0.05, 0) is 92.4 Å². The largest absolute Gasteiger partial charge is 0.597 e. The highest BCUT2D eigenvalue weighted by molar-refractivity contribution is 7.90. The third-order valence-electron chi connectivity index (χ3n) is 11.9. The van der Waals surface area contributed by atoms with Gasteiger partial charge in [-0.15, -0.1) is 4.31 Å². The Bertz CT molecular complexity index is 2320. The number of amides is 1. The predicted molar refractivity (Wildman–Crippen MR) is 257 cm³/mol. The molecule has 1 aromatic heterocycles. The van der Waals surface area contributed by atoms with Crippen molar-refractivity contribution in [1.29, 1.82) is 0 Å². The zero-order chi connectivity index (χ0) is 44.1. The van der Waals surface area contributed by atoms with E-state index in [0.29, 0.717) is 31.8 Å². The first kappa shape index (κ1) is 45.5. The van der Waals surface area contributed by atoms with Gasteiger partial charge in [0.25, 0.3) is 14.2 Å². The van der Waals surface area contributed by atoms with Crippen molar-refractivity contribution in [2.75, 3.05) is 40.3 Å². The highest BCUT2D eigenvalue weighted by atomic mass is 32.2. The van der Waals surface area contributed by atoms with E-state index in [1.165, 1.54) is 15.9 Å². The number of carbonyl (C=O) groups excluding carboxylic acids is 1. The number of pyridine rings is 1. The number of rotatable bonds is 13. The van der Waals surface area contributed by atoms with E-state index < -0.39 is 24.4 Å². The zero-order valence-corrected chi connectivity index (χ0v) is 39.6. The summed E-state index contributed by atoms with van der Waals surface area (Å²) in [6, 6.07) is 41.7. The average Bonchev–Trinajstić information content (AvgIpc) is 3.85. The molecule has 2 unspecified atom stereocenters. The Labute approximate surface area is 374 Å². The van der Waals surface area contributed by atoms with Gasteiger partial charge in [0.1, 0.15) is 10.4 Å². The normalized spacial score (nSPS) is 17.7. The van der Waals surface area contributed by atoms with Crippen molar-refractivity contribution < 1.29 is 13.8 Å². The number of aromatic nitrogens is 1. The first-order chi connectivity index (χ1) is 29.6. The summed E-state index contributed by atoms with van der Waals surface area (Å²) < 4.78 is 23.7. The van der Waals surface area contributed by atoms with Crippen LogP contribution in [0.25, 0.3) is 11.3 Å². The Balaban J connectivity index is 1.27. The topological polar surface area (TPSA) is 84.0 Å². The van der Waals surface area contributed by atoms with Gasteiger partial charge >= 0.3 is 0 Å². The van der Waals surface area contributed by atoms with Crippen LogP contribution in [0.4, 0.5) is 0 Å². The van der Waals surface area contributed by atoms with Crippen molar-refractivity contribution in [3.05, 3.63) is 149 Å². The SMILES string of the molecule is CN(C)CC#Cc1cccc(-c2nc(C(=O)NC3CCN(Cc4ccccc4)C3)cc3c2C(CCO[Si](c2ccccc2)(c2ccccc2)C(C)(C)C)N([S@+]([O-])C(C)(C)C)C3)c1. The molecule has 324 valence electrons. The highest BCUT2D eigenvalue weighted by Gasteiger charge is 2.51. The molecular formula is C52H63N5O3SSi. The van der Waals surface area contributed by atoms with Crippen LogP contribution in [0.15, 0.2) is 121 Å². The van der Waals surface area contributed by atoms with Crippen LogP contribution < -0.4 is 15.7 Å². The van der Waals surface area contributed by atoms with Crippen LogP contribution in [0.5, 0.6) is 0 Å². The molecule has 1 amide bonds. The molecule has 1 N–H and O–H groups in total. The van der Waals surface area contributed by atoms with Gasteiger partial charge in [-0.25, -0.2) is 4.98 Å². The minimum absolute atomic E-state index is 0.0104. The molecule has 8 nitrogen and oxygen atoms in total. The summed E-state index contributed by atoms with van der Waals surface area (Å²) in [4.78, 5) is 24.0. The summed E-state index contributed by atoms with van der Waals surface area (Å²) in [5.41, 5.74) is 6.08. The molecule has 7 rings (SSSR count). The molecule has 0 spiro atoms. The number of benzene rings is 4. The van der Waals surface area contributed by atoms with Crippen LogP contribution in [0.2, 0.25) is 5.04 Å². The number of likely N-dealkylation sites (tertiary alicyclic amines) is 1. The van der Waals surface area contributed by atoms with Crippen molar-refractivity contribution in [2.45, 2.75) is 89.3 Å². The lowest BCUT2D eigenvalue weighted by Crippen LogP contribution is -2.66. The van der Waals surface area contributed by atoms with Crippen molar-refractivity contribution in [3.8, 4) is 23.1 Å². The Morgan fingerprint density at radius 1 is 0.903 bits per heavy atom. The Morgan fingerprint density at radius 3 is 2.16 bits per heavy atom. The molecule has 3 heterocycles. The van der Waals surface area contributed by atoms with Gasteiger partial charge in [0, 0.05) is 60.3 Å². The van der Waals surface area contributed by atoms with Gasteiger partial charge in [-0.3, -0.25) is 14.6 Å². The van der Waals surface area contributed by atoms with E-state index in [1.54, 1.807) is 0 Å². The maximum atomic E-state index is 14.7. The fourth-order valence-corrected chi connectivity index (χ4v) is 15.0. The molecule has 0 aliphatic carbocycles. The van der Waals surface area contributed by atoms with Gasteiger partial charge in [0.2, 0.25) is 0 Å². The van der Waals surface area contributed by atoms with Gasteiger partial charge in [-0.1, -0.05) is 136 Å². The molecular weight excluding hydrogens is 803 g/mol. The Hall–Kier alpha value is -4.57. The first-order valence-corrected chi connectivity index (χ1v) is 24.9. The molecule has 1 fully saturated rings. The smallest absolute Gasteiger partial charge is 0.270 e. The molecule has 1 saturated heterocycles. The number of nitrogens with zero attached hydrogens (tertiary/aromatic N) is 4. The summed E-state index contributed by atoms with van der Waals surface area (Å²) in [6.45, 7) is 17.0. The molecule has 3 atom stereocenters. The van der Waals surface area contributed by atoms with Gasteiger partial charge in [0.15, 0.2) is 0 Å². The lowest BCUT2D eigenvalue weighted by Gasteiger charge is -2.43. The Kier molecular flexibility index (Phi) is 14.3. The van der Waals surface area contributed by atoms with E-state index in [0.717, 1.165) is 54.0 Å². The third-order valence-corrected chi connectivity index (χ3v) is 18.8. The number of hydrogen-bond donors (Lipinski definition) is 1. The van der Waals surface area contributed by atoms with Crippen LogP contribution in [-0.4, -0.2) is 89.0 Å². The molecule has 10 heteroatoms. The van der Waals surface area contributed by atoms with E-state index in [1.807, 2.05) is 64.0 Å². The molecule has 0 saturated carbocycles. The van der Waals surface area contributed by atoms with Gasteiger partial charge < -0.3 is 14.3 Å². The molecule has 2 aliphatic rings. The maximum absolute atomic E-state index is 14.7. The quantitative estimate of drug-likeness (QED) is 0.0732. The molecule has 62 heavy (non-hydrogen) atoms. The number of fused-ring (bicyclic) bond motifs is 1. The fourth-order valence-electron chi connectivity index (χ4n) is 9.01.